The highest BCUT2D eigenvalue weighted by atomic mass is 19.1. The van der Waals surface area contributed by atoms with Crippen LogP contribution in [0, 0.1) is 18.7 Å². The van der Waals surface area contributed by atoms with Crippen molar-refractivity contribution >= 4 is 11.6 Å². The molecule has 6 nitrogen and oxygen atoms in total. The average molecular weight is 339 g/mol. The maximum atomic E-state index is 13.1. The van der Waals surface area contributed by atoms with Gasteiger partial charge in [0.05, 0.1) is 5.69 Å². The normalized spacial score (nSPS) is 15.3. The lowest BCUT2D eigenvalue weighted by atomic mass is 10.1. The number of rotatable bonds is 4. The van der Waals surface area contributed by atoms with Crippen LogP contribution < -0.4 is 5.32 Å². The summed E-state index contributed by atoms with van der Waals surface area (Å²) in [7, 11) is 0. The van der Waals surface area contributed by atoms with Crippen LogP contribution in [0.4, 0.5) is 4.39 Å². The van der Waals surface area contributed by atoms with Crippen LogP contribution in [0.5, 0.6) is 0 Å². The van der Waals surface area contributed by atoms with Crippen molar-refractivity contribution < 1.29 is 9.18 Å². The highest BCUT2D eigenvalue weighted by molar-refractivity contribution is 5.91. The molecule has 1 unspecified atom stereocenters. The number of aryl methyl sites for hydroxylation is 1. The molecule has 1 atom stereocenters. The quantitative estimate of drug-likeness (QED) is 0.793. The van der Waals surface area contributed by atoms with Crippen molar-refractivity contribution in [2.24, 2.45) is 5.92 Å². The van der Waals surface area contributed by atoms with Gasteiger partial charge in [0.25, 0.3) is 5.91 Å². The number of hydrogen-bond acceptors (Lipinski definition) is 4. The van der Waals surface area contributed by atoms with Crippen molar-refractivity contribution in [2.45, 2.75) is 32.7 Å². The number of nitrogens with zero attached hydrogens (tertiary/aromatic N) is 4. The molecule has 0 bridgehead atoms. The van der Waals surface area contributed by atoms with Gasteiger partial charge in [0.1, 0.15) is 5.82 Å². The second-order valence-corrected chi connectivity index (χ2v) is 6.58. The van der Waals surface area contributed by atoms with Gasteiger partial charge in [0.2, 0.25) is 5.82 Å². The van der Waals surface area contributed by atoms with Gasteiger partial charge in [0.15, 0.2) is 5.65 Å². The summed E-state index contributed by atoms with van der Waals surface area (Å²) in [4.78, 5) is 12.5. The minimum Gasteiger partial charge on any atom is -0.347 e. The third-order valence-corrected chi connectivity index (χ3v) is 4.59. The largest absolute Gasteiger partial charge is 0.347 e. The number of carbonyl (C=O) groups is 1. The Hall–Kier alpha value is -2.83. The van der Waals surface area contributed by atoms with E-state index in [2.05, 4.69) is 20.6 Å². The number of amides is 1. The van der Waals surface area contributed by atoms with Crippen LogP contribution in [0.1, 0.15) is 35.9 Å². The Labute approximate surface area is 144 Å². The van der Waals surface area contributed by atoms with E-state index in [1.807, 2.05) is 19.9 Å². The van der Waals surface area contributed by atoms with Crippen LogP contribution in [-0.2, 0) is 0 Å². The van der Waals surface area contributed by atoms with Crippen LogP contribution in [0.2, 0.25) is 0 Å². The zero-order valence-electron chi connectivity index (χ0n) is 14.0. The summed E-state index contributed by atoms with van der Waals surface area (Å²) in [5.74, 6) is 0.122. The summed E-state index contributed by atoms with van der Waals surface area (Å²) in [6.45, 7) is 3.88. The molecule has 0 spiro atoms. The number of benzene rings is 1. The number of fused-ring (bicyclic) bond motifs is 1. The Kier molecular flexibility index (Phi) is 3.71. The van der Waals surface area contributed by atoms with E-state index in [4.69, 9.17) is 0 Å². The third kappa shape index (κ3) is 2.97. The molecule has 1 N–H and O–H groups in total. The van der Waals surface area contributed by atoms with Crippen molar-refractivity contribution in [2.75, 3.05) is 0 Å². The van der Waals surface area contributed by atoms with Gasteiger partial charge in [-0.15, -0.1) is 10.2 Å². The Morgan fingerprint density at radius 3 is 2.68 bits per heavy atom. The third-order valence-electron chi connectivity index (χ3n) is 4.59. The number of halogens is 1. The molecule has 2 aromatic heterocycles. The first-order valence-electron chi connectivity index (χ1n) is 8.33. The molecule has 25 heavy (non-hydrogen) atoms. The summed E-state index contributed by atoms with van der Waals surface area (Å²) in [6, 6.07) is 8.04. The van der Waals surface area contributed by atoms with Gasteiger partial charge in [-0.05, 0) is 68.5 Å². The fraction of sp³-hybridized carbons (Fsp3) is 0.333. The minimum atomic E-state index is -0.306. The number of nitrogens with one attached hydrogen (secondary N) is 1. The van der Waals surface area contributed by atoms with E-state index >= 15 is 0 Å². The van der Waals surface area contributed by atoms with Crippen molar-refractivity contribution in [1.29, 1.82) is 0 Å². The van der Waals surface area contributed by atoms with Gasteiger partial charge in [0, 0.05) is 11.6 Å². The van der Waals surface area contributed by atoms with Crippen molar-refractivity contribution in [3.05, 3.63) is 47.5 Å². The summed E-state index contributed by atoms with van der Waals surface area (Å²) < 4.78 is 14.6. The van der Waals surface area contributed by atoms with Gasteiger partial charge in [-0.1, -0.05) is 0 Å². The molecule has 1 fully saturated rings. The fourth-order valence-corrected chi connectivity index (χ4v) is 2.92. The van der Waals surface area contributed by atoms with E-state index in [9.17, 15) is 9.18 Å². The Balaban J connectivity index is 1.73. The van der Waals surface area contributed by atoms with Gasteiger partial charge in [-0.3, -0.25) is 4.79 Å². The average Bonchev–Trinajstić information content (AvgIpc) is 3.35. The molecule has 1 aromatic carbocycles. The molecule has 0 aliphatic heterocycles. The number of carbonyl (C=O) groups excluding carboxylic acids is 1. The van der Waals surface area contributed by atoms with E-state index in [1.54, 1.807) is 12.1 Å². The second-order valence-electron chi connectivity index (χ2n) is 6.58. The first kappa shape index (κ1) is 15.7. The number of hydrogen-bond donors (Lipinski definition) is 1. The van der Waals surface area contributed by atoms with Crippen LogP contribution in [0.25, 0.3) is 16.9 Å². The van der Waals surface area contributed by atoms with Crippen LogP contribution in [0.3, 0.4) is 0 Å². The van der Waals surface area contributed by atoms with E-state index in [0.29, 0.717) is 17.3 Å². The molecule has 2 heterocycles. The maximum absolute atomic E-state index is 13.1. The van der Waals surface area contributed by atoms with Gasteiger partial charge >= 0.3 is 0 Å². The van der Waals surface area contributed by atoms with E-state index in [1.165, 1.54) is 16.6 Å². The van der Waals surface area contributed by atoms with Crippen molar-refractivity contribution in [3.63, 3.8) is 0 Å². The van der Waals surface area contributed by atoms with Gasteiger partial charge < -0.3 is 5.32 Å². The summed E-state index contributed by atoms with van der Waals surface area (Å²) in [6.07, 6.45) is 2.29. The zero-order chi connectivity index (χ0) is 17.6. The molecule has 0 radical (unpaired) electrons. The van der Waals surface area contributed by atoms with Crippen LogP contribution >= 0.6 is 0 Å². The molecule has 0 saturated heterocycles. The highest BCUT2D eigenvalue weighted by Gasteiger charge is 2.30. The predicted molar refractivity (Wildman–Crippen MR) is 90.6 cm³/mol. The van der Waals surface area contributed by atoms with Crippen molar-refractivity contribution in [3.8, 4) is 11.3 Å². The highest BCUT2D eigenvalue weighted by Crippen LogP contribution is 2.32. The maximum Gasteiger partial charge on any atom is 0.291 e. The molecule has 128 valence electrons. The molecule has 1 amide bonds. The fourth-order valence-electron chi connectivity index (χ4n) is 2.92. The lowest BCUT2D eigenvalue weighted by Gasteiger charge is -2.11. The van der Waals surface area contributed by atoms with Crippen molar-refractivity contribution in [1.82, 2.24) is 25.1 Å². The smallest absolute Gasteiger partial charge is 0.291 e. The second kappa shape index (κ2) is 5.91. The topological polar surface area (TPSA) is 72.2 Å². The SMILES string of the molecule is Cc1cc(-c2ccc(F)cc2)nn2c(C(=O)NC(C)C3CC3)nnc12. The predicted octanol–water partition coefficient (Wildman–Crippen LogP) is 2.77. The zero-order valence-corrected chi connectivity index (χ0v) is 14.0. The van der Waals surface area contributed by atoms with E-state index in [0.717, 1.165) is 24.0 Å². The lowest BCUT2D eigenvalue weighted by molar-refractivity contribution is 0.0923. The first-order valence-corrected chi connectivity index (χ1v) is 8.33. The molecule has 1 saturated carbocycles. The van der Waals surface area contributed by atoms with E-state index in [-0.39, 0.29) is 23.6 Å². The summed E-state index contributed by atoms with van der Waals surface area (Å²) in [5.41, 5.74) is 2.78. The Bertz CT molecular complexity index is 946. The minimum absolute atomic E-state index is 0.112. The van der Waals surface area contributed by atoms with Gasteiger partial charge in [-0.2, -0.15) is 9.61 Å². The van der Waals surface area contributed by atoms with E-state index < -0.39 is 0 Å². The molecule has 7 heteroatoms. The number of aromatic nitrogens is 4. The Morgan fingerprint density at radius 2 is 2.00 bits per heavy atom. The Morgan fingerprint density at radius 1 is 1.28 bits per heavy atom. The van der Waals surface area contributed by atoms with Gasteiger partial charge in [-0.25, -0.2) is 4.39 Å². The lowest BCUT2D eigenvalue weighted by Crippen LogP contribution is -2.35. The molecule has 3 aromatic rings. The molecular weight excluding hydrogens is 321 g/mol. The first-order chi connectivity index (χ1) is 12.0. The molecular formula is C18H18FN5O. The monoisotopic (exact) mass is 339 g/mol. The standard InChI is InChI=1S/C18H18FN5O/c1-10-9-15(13-5-7-14(19)8-6-13)23-24-16(10)21-22-17(24)18(25)20-11(2)12-3-4-12/h5-9,11-12H,3-4H2,1-2H3,(H,20,25). The van der Waals surface area contributed by atoms with Crippen LogP contribution in [-0.4, -0.2) is 31.8 Å². The van der Waals surface area contributed by atoms with Crippen LogP contribution in [0.15, 0.2) is 30.3 Å². The summed E-state index contributed by atoms with van der Waals surface area (Å²) >= 11 is 0. The molecule has 1 aliphatic rings. The molecule has 4 rings (SSSR count). The molecule has 1 aliphatic carbocycles. The summed E-state index contributed by atoms with van der Waals surface area (Å²) in [5, 5.41) is 15.6.